The molecule has 1 heterocycles. The summed E-state index contributed by atoms with van der Waals surface area (Å²) < 4.78 is 19.0. The molecule has 0 aliphatic carbocycles. The van der Waals surface area contributed by atoms with Crippen molar-refractivity contribution in [2.45, 2.75) is 6.92 Å². The van der Waals surface area contributed by atoms with Crippen molar-refractivity contribution in [1.29, 1.82) is 0 Å². The highest BCUT2D eigenvalue weighted by atomic mass is 79.9. The molecular weight excluding hydrogens is 277 g/mol. The minimum atomic E-state index is -0.360. The summed E-state index contributed by atoms with van der Waals surface area (Å²) in [4.78, 5) is 0. The van der Waals surface area contributed by atoms with E-state index in [1.165, 1.54) is 6.07 Å². The van der Waals surface area contributed by atoms with Crippen LogP contribution in [0.5, 0.6) is 0 Å². The number of nitrogens with one attached hydrogen (secondary N) is 1. The fourth-order valence-electron chi connectivity index (χ4n) is 1.19. The molecule has 0 spiro atoms. The van der Waals surface area contributed by atoms with Crippen molar-refractivity contribution >= 4 is 21.9 Å². The third-order valence-corrected chi connectivity index (χ3v) is 2.56. The van der Waals surface area contributed by atoms with Gasteiger partial charge in [0.25, 0.3) is 0 Å². The molecule has 0 unspecified atom stereocenters. The predicted molar refractivity (Wildman–Crippen MR) is 61.6 cm³/mol. The second-order valence-electron chi connectivity index (χ2n) is 3.07. The monoisotopic (exact) mass is 285 g/mol. The molecule has 1 aromatic carbocycles. The average molecular weight is 286 g/mol. The molecule has 1 N–H and O–H groups in total. The average Bonchev–Trinajstić information content (AvgIpc) is 2.71. The van der Waals surface area contributed by atoms with Gasteiger partial charge in [-0.15, -0.1) is 5.10 Å². The lowest BCUT2D eigenvalue weighted by molar-refractivity contribution is 0.579. The molecule has 16 heavy (non-hydrogen) atoms. The second kappa shape index (κ2) is 4.61. The summed E-state index contributed by atoms with van der Waals surface area (Å²) in [5, 5.41) is 10.5. The second-order valence-corrected chi connectivity index (χ2v) is 3.93. The Bertz CT molecular complexity index is 501. The van der Waals surface area contributed by atoms with Gasteiger partial charge in [0.1, 0.15) is 5.82 Å². The molecule has 4 nitrogen and oxygen atoms in total. The Morgan fingerprint density at radius 2 is 2.25 bits per heavy atom. The van der Waals surface area contributed by atoms with Gasteiger partial charge in [0, 0.05) is 12.1 Å². The van der Waals surface area contributed by atoms with Crippen molar-refractivity contribution in [3.8, 4) is 11.5 Å². The number of nitrogens with zero attached hydrogens (tertiary/aromatic N) is 2. The normalized spacial score (nSPS) is 10.4. The van der Waals surface area contributed by atoms with Crippen LogP contribution in [0.3, 0.4) is 0 Å². The predicted octanol–water partition coefficient (Wildman–Crippen LogP) is 3.07. The van der Waals surface area contributed by atoms with Gasteiger partial charge in [-0.3, -0.25) is 0 Å². The minimum absolute atomic E-state index is 0.294. The lowest BCUT2D eigenvalue weighted by Crippen LogP contribution is -1.95. The van der Waals surface area contributed by atoms with Gasteiger partial charge < -0.3 is 9.73 Å². The summed E-state index contributed by atoms with van der Waals surface area (Å²) in [5.41, 5.74) is 0.553. The Labute approximate surface area is 100 Å². The summed E-state index contributed by atoms with van der Waals surface area (Å²) in [6, 6.07) is 4.98. The third kappa shape index (κ3) is 2.21. The van der Waals surface area contributed by atoms with Gasteiger partial charge in [-0.25, -0.2) is 4.39 Å². The summed E-state index contributed by atoms with van der Waals surface area (Å²) in [7, 11) is 0. The van der Waals surface area contributed by atoms with E-state index in [4.69, 9.17) is 4.42 Å². The Hall–Kier alpha value is -1.43. The zero-order valence-corrected chi connectivity index (χ0v) is 10.1. The van der Waals surface area contributed by atoms with Crippen LogP contribution < -0.4 is 5.32 Å². The van der Waals surface area contributed by atoms with Crippen LogP contribution in [-0.2, 0) is 0 Å². The molecule has 0 bridgehead atoms. The largest absolute Gasteiger partial charge is 0.403 e. The highest BCUT2D eigenvalue weighted by molar-refractivity contribution is 9.10. The van der Waals surface area contributed by atoms with Gasteiger partial charge in [-0.1, -0.05) is 5.10 Å². The highest BCUT2D eigenvalue weighted by Gasteiger charge is 2.09. The van der Waals surface area contributed by atoms with Gasteiger partial charge in [-0.05, 0) is 41.1 Å². The van der Waals surface area contributed by atoms with E-state index in [-0.39, 0.29) is 5.82 Å². The van der Waals surface area contributed by atoms with Crippen LogP contribution in [0.1, 0.15) is 6.92 Å². The number of benzene rings is 1. The van der Waals surface area contributed by atoms with E-state index in [9.17, 15) is 4.39 Å². The van der Waals surface area contributed by atoms with Crippen molar-refractivity contribution in [2.75, 3.05) is 11.9 Å². The first kappa shape index (κ1) is 11.1. The van der Waals surface area contributed by atoms with Crippen LogP contribution >= 0.6 is 15.9 Å². The molecular formula is C10H9BrFN3O. The molecule has 0 atom stereocenters. The maximum absolute atomic E-state index is 13.3. The van der Waals surface area contributed by atoms with Crippen molar-refractivity contribution < 1.29 is 8.81 Å². The van der Waals surface area contributed by atoms with Gasteiger partial charge in [-0.2, -0.15) is 0 Å². The molecule has 2 aromatic rings. The van der Waals surface area contributed by atoms with E-state index in [1.54, 1.807) is 12.1 Å². The van der Waals surface area contributed by atoms with Crippen LogP contribution in [0.2, 0.25) is 0 Å². The molecule has 84 valence electrons. The Morgan fingerprint density at radius 3 is 2.94 bits per heavy atom. The zero-order chi connectivity index (χ0) is 11.5. The number of aromatic nitrogens is 2. The SMILES string of the molecule is CCNc1nnc(-c2ccc(Br)c(F)c2)o1. The quantitative estimate of drug-likeness (QED) is 0.942. The zero-order valence-electron chi connectivity index (χ0n) is 8.50. The fourth-order valence-corrected chi connectivity index (χ4v) is 1.44. The van der Waals surface area contributed by atoms with E-state index in [1.807, 2.05) is 6.92 Å². The summed E-state index contributed by atoms with van der Waals surface area (Å²) >= 11 is 3.08. The number of halogens is 2. The van der Waals surface area contributed by atoms with E-state index in [0.29, 0.717) is 28.5 Å². The highest BCUT2D eigenvalue weighted by Crippen LogP contribution is 2.24. The first-order valence-corrected chi connectivity index (χ1v) is 5.53. The van der Waals surface area contributed by atoms with Crippen LogP contribution in [0, 0.1) is 5.82 Å². The minimum Gasteiger partial charge on any atom is -0.403 e. The smallest absolute Gasteiger partial charge is 0.315 e. The van der Waals surface area contributed by atoms with Crippen molar-refractivity contribution in [1.82, 2.24) is 10.2 Å². The van der Waals surface area contributed by atoms with Crippen molar-refractivity contribution in [3.05, 3.63) is 28.5 Å². The number of hydrogen-bond donors (Lipinski definition) is 1. The topological polar surface area (TPSA) is 51.0 Å². The van der Waals surface area contributed by atoms with Crippen molar-refractivity contribution in [3.63, 3.8) is 0 Å². The van der Waals surface area contributed by atoms with Crippen LogP contribution in [0.15, 0.2) is 27.1 Å². The lowest BCUT2D eigenvalue weighted by atomic mass is 10.2. The Morgan fingerprint density at radius 1 is 1.44 bits per heavy atom. The fraction of sp³-hybridized carbons (Fsp3) is 0.200. The van der Waals surface area contributed by atoms with E-state index in [0.717, 1.165) is 0 Å². The van der Waals surface area contributed by atoms with Gasteiger partial charge in [0.2, 0.25) is 5.89 Å². The molecule has 6 heteroatoms. The first-order chi connectivity index (χ1) is 7.70. The maximum atomic E-state index is 13.3. The molecule has 0 saturated carbocycles. The molecule has 0 radical (unpaired) electrons. The van der Waals surface area contributed by atoms with Crippen LogP contribution in [-0.4, -0.2) is 16.7 Å². The maximum Gasteiger partial charge on any atom is 0.315 e. The van der Waals surface area contributed by atoms with E-state index < -0.39 is 0 Å². The van der Waals surface area contributed by atoms with Gasteiger partial charge >= 0.3 is 6.01 Å². The van der Waals surface area contributed by atoms with Crippen molar-refractivity contribution in [2.24, 2.45) is 0 Å². The standard InChI is InChI=1S/C10H9BrFN3O/c1-2-13-10-15-14-9(16-10)6-3-4-7(11)8(12)5-6/h3-5H,2H2,1H3,(H,13,15). The Kier molecular flexibility index (Phi) is 3.19. The number of rotatable bonds is 3. The third-order valence-electron chi connectivity index (χ3n) is 1.92. The number of hydrogen-bond acceptors (Lipinski definition) is 4. The van der Waals surface area contributed by atoms with Crippen LogP contribution in [0.4, 0.5) is 10.4 Å². The summed E-state index contributed by atoms with van der Waals surface area (Å²) in [5.74, 6) is -0.0666. The molecule has 0 amide bonds. The molecule has 0 fully saturated rings. The molecule has 0 saturated heterocycles. The molecule has 1 aromatic heterocycles. The summed E-state index contributed by atoms with van der Waals surface area (Å²) in [6.07, 6.45) is 0. The molecule has 2 rings (SSSR count). The van der Waals surface area contributed by atoms with E-state index >= 15 is 0 Å². The number of anilines is 1. The van der Waals surface area contributed by atoms with E-state index in [2.05, 4.69) is 31.4 Å². The van der Waals surface area contributed by atoms with Gasteiger partial charge in [0.15, 0.2) is 0 Å². The van der Waals surface area contributed by atoms with Crippen LogP contribution in [0.25, 0.3) is 11.5 Å². The Balaban J connectivity index is 2.31. The molecule has 0 aliphatic heterocycles. The molecule has 0 aliphatic rings. The first-order valence-electron chi connectivity index (χ1n) is 4.73. The van der Waals surface area contributed by atoms with Gasteiger partial charge in [0.05, 0.1) is 4.47 Å². The summed E-state index contributed by atoms with van der Waals surface area (Å²) in [6.45, 7) is 2.61. The lowest BCUT2D eigenvalue weighted by Gasteiger charge is -1.97.